The summed E-state index contributed by atoms with van der Waals surface area (Å²) in [4.78, 5) is 0. The second kappa shape index (κ2) is 8.27. The molecule has 1 unspecified atom stereocenters. The molecule has 0 amide bonds. The maximum absolute atomic E-state index is 5.53. The standard InChI is InChI=1S/C14H27N3O/c1-5-7-15-14(6-2)13-10-16-17(11-13)8-9-18-12(3)4/h10-12,14-15H,5-9H2,1-4H3. The average molecular weight is 253 g/mol. The summed E-state index contributed by atoms with van der Waals surface area (Å²) in [5.74, 6) is 0. The van der Waals surface area contributed by atoms with Crippen molar-refractivity contribution in [3.8, 4) is 0 Å². The quantitative estimate of drug-likeness (QED) is 0.735. The minimum atomic E-state index is 0.287. The van der Waals surface area contributed by atoms with Gasteiger partial charge >= 0.3 is 0 Å². The Hall–Kier alpha value is -0.870. The molecule has 0 fully saturated rings. The lowest BCUT2D eigenvalue weighted by Gasteiger charge is -2.14. The Morgan fingerprint density at radius 1 is 1.39 bits per heavy atom. The normalized spacial score (nSPS) is 13.2. The maximum atomic E-state index is 5.53. The van der Waals surface area contributed by atoms with Crippen LogP contribution in [-0.4, -0.2) is 29.0 Å². The van der Waals surface area contributed by atoms with Crippen LogP contribution < -0.4 is 5.32 Å². The molecule has 18 heavy (non-hydrogen) atoms. The molecule has 0 aromatic carbocycles. The lowest BCUT2D eigenvalue weighted by Crippen LogP contribution is -2.21. The number of hydrogen-bond acceptors (Lipinski definition) is 3. The summed E-state index contributed by atoms with van der Waals surface area (Å²) in [5.41, 5.74) is 1.27. The van der Waals surface area contributed by atoms with E-state index in [9.17, 15) is 0 Å². The highest BCUT2D eigenvalue weighted by atomic mass is 16.5. The Labute approximate surface area is 111 Å². The molecule has 4 nitrogen and oxygen atoms in total. The molecule has 0 saturated heterocycles. The molecule has 1 N–H and O–H groups in total. The highest BCUT2D eigenvalue weighted by Gasteiger charge is 2.10. The van der Waals surface area contributed by atoms with Crippen molar-refractivity contribution in [1.29, 1.82) is 0 Å². The van der Waals surface area contributed by atoms with Gasteiger partial charge in [0.1, 0.15) is 0 Å². The van der Waals surface area contributed by atoms with Crippen molar-refractivity contribution >= 4 is 0 Å². The van der Waals surface area contributed by atoms with Crippen LogP contribution in [0, 0.1) is 0 Å². The van der Waals surface area contributed by atoms with Gasteiger partial charge in [-0.25, -0.2) is 0 Å². The van der Waals surface area contributed by atoms with E-state index in [1.165, 1.54) is 5.56 Å². The fourth-order valence-corrected chi connectivity index (χ4v) is 1.88. The third-order valence-corrected chi connectivity index (χ3v) is 2.88. The number of nitrogens with one attached hydrogen (secondary N) is 1. The van der Waals surface area contributed by atoms with Crippen molar-refractivity contribution < 1.29 is 4.74 Å². The Morgan fingerprint density at radius 3 is 2.78 bits per heavy atom. The van der Waals surface area contributed by atoms with Gasteiger partial charge in [0, 0.05) is 17.8 Å². The van der Waals surface area contributed by atoms with E-state index in [0.717, 1.165) is 32.5 Å². The molecular formula is C14H27N3O. The summed E-state index contributed by atoms with van der Waals surface area (Å²) in [6.07, 6.45) is 6.63. The van der Waals surface area contributed by atoms with Gasteiger partial charge in [0.15, 0.2) is 0 Å². The number of aromatic nitrogens is 2. The summed E-state index contributed by atoms with van der Waals surface area (Å²) in [6, 6.07) is 0.421. The van der Waals surface area contributed by atoms with Crippen LogP contribution in [0.25, 0.3) is 0 Å². The first-order chi connectivity index (χ1) is 8.67. The number of hydrogen-bond donors (Lipinski definition) is 1. The third kappa shape index (κ3) is 5.19. The van der Waals surface area contributed by atoms with Crippen LogP contribution in [0.5, 0.6) is 0 Å². The highest BCUT2D eigenvalue weighted by molar-refractivity contribution is 5.10. The molecule has 1 atom stereocenters. The van der Waals surface area contributed by atoms with Gasteiger partial charge in [0.2, 0.25) is 0 Å². The smallest absolute Gasteiger partial charge is 0.0666 e. The zero-order valence-corrected chi connectivity index (χ0v) is 12.1. The SMILES string of the molecule is CCCNC(CC)c1cnn(CCOC(C)C)c1. The van der Waals surface area contributed by atoms with Gasteiger partial charge in [0.05, 0.1) is 25.5 Å². The Bertz CT molecular complexity index is 323. The molecule has 0 saturated carbocycles. The van der Waals surface area contributed by atoms with Gasteiger partial charge in [-0.05, 0) is 33.2 Å². The first kappa shape index (κ1) is 15.2. The average Bonchev–Trinajstić information content (AvgIpc) is 2.78. The minimum Gasteiger partial charge on any atom is -0.377 e. The molecule has 0 radical (unpaired) electrons. The van der Waals surface area contributed by atoms with E-state index in [4.69, 9.17) is 4.74 Å². The Kier molecular flexibility index (Phi) is 6.98. The van der Waals surface area contributed by atoms with Gasteiger partial charge in [0.25, 0.3) is 0 Å². The highest BCUT2D eigenvalue weighted by Crippen LogP contribution is 2.15. The molecule has 1 heterocycles. The Morgan fingerprint density at radius 2 is 2.17 bits per heavy atom. The van der Waals surface area contributed by atoms with E-state index in [2.05, 4.69) is 44.3 Å². The van der Waals surface area contributed by atoms with Gasteiger partial charge in [-0.3, -0.25) is 4.68 Å². The summed E-state index contributed by atoms with van der Waals surface area (Å²) in [7, 11) is 0. The van der Waals surface area contributed by atoms with Gasteiger partial charge in [-0.15, -0.1) is 0 Å². The van der Waals surface area contributed by atoms with E-state index >= 15 is 0 Å². The van der Waals surface area contributed by atoms with Crippen LogP contribution >= 0.6 is 0 Å². The fraction of sp³-hybridized carbons (Fsp3) is 0.786. The third-order valence-electron chi connectivity index (χ3n) is 2.88. The molecule has 1 aromatic heterocycles. The molecule has 4 heteroatoms. The zero-order chi connectivity index (χ0) is 13.4. The summed E-state index contributed by atoms with van der Waals surface area (Å²) < 4.78 is 7.50. The molecule has 1 aromatic rings. The van der Waals surface area contributed by atoms with Crippen LogP contribution in [0.3, 0.4) is 0 Å². The van der Waals surface area contributed by atoms with Crippen molar-refractivity contribution in [3.05, 3.63) is 18.0 Å². The summed E-state index contributed by atoms with van der Waals surface area (Å²) in [5, 5.41) is 7.93. The second-order valence-electron chi connectivity index (χ2n) is 4.87. The minimum absolute atomic E-state index is 0.287. The topological polar surface area (TPSA) is 39.1 Å². The van der Waals surface area contributed by atoms with Crippen LogP contribution in [0.2, 0.25) is 0 Å². The lowest BCUT2D eigenvalue weighted by molar-refractivity contribution is 0.0709. The van der Waals surface area contributed by atoms with Crippen molar-refractivity contribution in [1.82, 2.24) is 15.1 Å². The monoisotopic (exact) mass is 253 g/mol. The van der Waals surface area contributed by atoms with Gasteiger partial charge in [-0.1, -0.05) is 13.8 Å². The molecule has 0 spiro atoms. The predicted molar refractivity (Wildman–Crippen MR) is 74.6 cm³/mol. The summed E-state index contributed by atoms with van der Waals surface area (Å²) >= 11 is 0. The maximum Gasteiger partial charge on any atom is 0.0666 e. The first-order valence-corrected chi connectivity index (χ1v) is 7.04. The predicted octanol–water partition coefficient (Wildman–Crippen LogP) is 2.76. The van der Waals surface area contributed by atoms with Gasteiger partial charge < -0.3 is 10.1 Å². The molecule has 0 bridgehead atoms. The Balaban J connectivity index is 2.45. The van der Waals surface area contributed by atoms with Crippen LogP contribution in [0.4, 0.5) is 0 Å². The van der Waals surface area contributed by atoms with Crippen molar-refractivity contribution in [2.75, 3.05) is 13.2 Å². The molecule has 0 aliphatic carbocycles. The van der Waals surface area contributed by atoms with Crippen LogP contribution in [0.1, 0.15) is 52.1 Å². The number of rotatable bonds is 9. The fourth-order valence-electron chi connectivity index (χ4n) is 1.88. The molecular weight excluding hydrogens is 226 g/mol. The van der Waals surface area contributed by atoms with E-state index in [1.54, 1.807) is 0 Å². The molecule has 0 aliphatic heterocycles. The number of ether oxygens (including phenoxy) is 1. The second-order valence-corrected chi connectivity index (χ2v) is 4.87. The van der Waals surface area contributed by atoms with Crippen LogP contribution in [0.15, 0.2) is 12.4 Å². The number of nitrogens with zero attached hydrogens (tertiary/aromatic N) is 2. The van der Waals surface area contributed by atoms with E-state index in [0.29, 0.717) is 6.04 Å². The first-order valence-electron chi connectivity index (χ1n) is 7.04. The van der Waals surface area contributed by atoms with E-state index < -0.39 is 0 Å². The van der Waals surface area contributed by atoms with E-state index in [-0.39, 0.29) is 6.10 Å². The van der Waals surface area contributed by atoms with E-state index in [1.807, 2.05) is 10.9 Å². The van der Waals surface area contributed by atoms with Gasteiger partial charge in [-0.2, -0.15) is 5.10 Å². The van der Waals surface area contributed by atoms with Crippen molar-refractivity contribution in [2.24, 2.45) is 0 Å². The summed E-state index contributed by atoms with van der Waals surface area (Å²) in [6.45, 7) is 11.1. The van der Waals surface area contributed by atoms with Crippen molar-refractivity contribution in [2.45, 2.75) is 59.2 Å². The molecule has 1 rings (SSSR count). The van der Waals surface area contributed by atoms with Crippen molar-refractivity contribution in [3.63, 3.8) is 0 Å². The van der Waals surface area contributed by atoms with Crippen LogP contribution in [-0.2, 0) is 11.3 Å². The zero-order valence-electron chi connectivity index (χ0n) is 12.1. The lowest BCUT2D eigenvalue weighted by atomic mass is 10.1. The molecule has 104 valence electrons. The largest absolute Gasteiger partial charge is 0.377 e. The molecule has 0 aliphatic rings.